The lowest BCUT2D eigenvalue weighted by atomic mass is 10.2. The van der Waals surface area contributed by atoms with Crippen LogP contribution in [0.5, 0.6) is 0 Å². The van der Waals surface area contributed by atoms with E-state index in [2.05, 4.69) is 55.2 Å². The van der Waals surface area contributed by atoms with Crippen LogP contribution in [-0.4, -0.2) is 14.8 Å². The van der Waals surface area contributed by atoms with Gasteiger partial charge in [0.2, 0.25) is 0 Å². The highest BCUT2D eigenvalue weighted by atomic mass is 35.5. The van der Waals surface area contributed by atoms with Gasteiger partial charge < -0.3 is 0 Å². The van der Waals surface area contributed by atoms with E-state index in [0.717, 1.165) is 17.3 Å². The number of halogens is 1. The largest absolute Gasteiger partial charge is 0.282 e. The molecule has 0 aliphatic carbocycles. The molecular formula is C13H16ClN3. The van der Waals surface area contributed by atoms with Gasteiger partial charge in [0, 0.05) is 11.6 Å². The van der Waals surface area contributed by atoms with Gasteiger partial charge in [-0.3, -0.25) is 4.57 Å². The number of aromatic nitrogens is 3. The Labute approximate surface area is 106 Å². The predicted molar refractivity (Wildman–Crippen MR) is 69.7 cm³/mol. The van der Waals surface area contributed by atoms with Gasteiger partial charge in [-0.25, -0.2) is 0 Å². The Bertz CT molecular complexity index is 500. The van der Waals surface area contributed by atoms with Gasteiger partial charge in [0.25, 0.3) is 0 Å². The van der Waals surface area contributed by atoms with Crippen molar-refractivity contribution >= 4 is 11.6 Å². The summed E-state index contributed by atoms with van der Waals surface area (Å²) in [6, 6.07) is 8.30. The smallest absolute Gasteiger partial charge is 0.152 e. The van der Waals surface area contributed by atoms with Gasteiger partial charge in [0.1, 0.15) is 5.82 Å². The number of nitrogens with zero attached hydrogens (tertiary/aromatic N) is 3. The molecule has 0 fully saturated rings. The fourth-order valence-corrected chi connectivity index (χ4v) is 1.94. The summed E-state index contributed by atoms with van der Waals surface area (Å²) < 4.78 is 2.04. The predicted octanol–water partition coefficient (Wildman–Crippen LogP) is 3.44. The molecule has 0 bridgehead atoms. The molecule has 0 saturated carbocycles. The van der Waals surface area contributed by atoms with Crippen LogP contribution in [0, 0.1) is 6.92 Å². The molecular weight excluding hydrogens is 234 g/mol. The monoisotopic (exact) mass is 249 g/mol. The quantitative estimate of drug-likeness (QED) is 0.781. The van der Waals surface area contributed by atoms with Crippen molar-refractivity contribution in [3.8, 4) is 5.69 Å². The van der Waals surface area contributed by atoms with Crippen molar-refractivity contribution in [2.24, 2.45) is 0 Å². The number of hydrogen-bond donors (Lipinski definition) is 0. The van der Waals surface area contributed by atoms with Crippen molar-refractivity contribution in [3.63, 3.8) is 0 Å². The molecule has 2 rings (SSSR count). The van der Waals surface area contributed by atoms with Crippen molar-refractivity contribution < 1.29 is 0 Å². The standard InChI is InChI=1S/C13H16ClN3/c1-9(2)13-16-15-12(8-14)17(13)11-6-4-10(3)5-7-11/h4-7,9H,8H2,1-3H3. The summed E-state index contributed by atoms with van der Waals surface area (Å²) in [4.78, 5) is 0. The molecule has 0 atom stereocenters. The molecule has 0 N–H and O–H groups in total. The fraction of sp³-hybridized carbons (Fsp3) is 0.385. The highest BCUT2D eigenvalue weighted by molar-refractivity contribution is 6.16. The van der Waals surface area contributed by atoms with Crippen molar-refractivity contribution in [1.29, 1.82) is 0 Å². The maximum Gasteiger partial charge on any atom is 0.152 e. The number of rotatable bonds is 3. The average molecular weight is 250 g/mol. The molecule has 0 aliphatic rings. The van der Waals surface area contributed by atoms with Gasteiger partial charge in [-0.15, -0.1) is 21.8 Å². The van der Waals surface area contributed by atoms with Gasteiger partial charge in [-0.2, -0.15) is 0 Å². The Morgan fingerprint density at radius 3 is 2.35 bits per heavy atom. The number of aryl methyl sites for hydroxylation is 1. The molecule has 4 heteroatoms. The van der Waals surface area contributed by atoms with Crippen molar-refractivity contribution in [2.45, 2.75) is 32.6 Å². The second-order valence-electron chi connectivity index (χ2n) is 4.43. The van der Waals surface area contributed by atoms with E-state index in [1.807, 2.05) is 4.57 Å². The summed E-state index contributed by atoms with van der Waals surface area (Å²) in [6.45, 7) is 6.28. The average Bonchev–Trinajstić information content (AvgIpc) is 2.73. The topological polar surface area (TPSA) is 30.7 Å². The highest BCUT2D eigenvalue weighted by Gasteiger charge is 2.15. The van der Waals surface area contributed by atoms with Crippen LogP contribution in [0.4, 0.5) is 0 Å². The van der Waals surface area contributed by atoms with Gasteiger partial charge in [0.15, 0.2) is 5.82 Å². The highest BCUT2D eigenvalue weighted by Crippen LogP contribution is 2.20. The molecule has 3 nitrogen and oxygen atoms in total. The van der Waals surface area contributed by atoms with Crippen molar-refractivity contribution in [3.05, 3.63) is 41.5 Å². The summed E-state index contributed by atoms with van der Waals surface area (Å²) in [7, 11) is 0. The van der Waals surface area contributed by atoms with E-state index in [0.29, 0.717) is 11.8 Å². The van der Waals surface area contributed by atoms with E-state index in [1.54, 1.807) is 0 Å². The summed E-state index contributed by atoms with van der Waals surface area (Å²) in [5.74, 6) is 2.43. The van der Waals surface area contributed by atoms with Gasteiger partial charge in [-0.05, 0) is 19.1 Å². The van der Waals surface area contributed by atoms with Crippen LogP contribution in [0.3, 0.4) is 0 Å². The molecule has 1 heterocycles. The molecule has 0 saturated heterocycles. The first-order chi connectivity index (χ1) is 8.13. The Hall–Kier alpha value is -1.35. The van der Waals surface area contributed by atoms with Crippen LogP contribution in [0.2, 0.25) is 0 Å². The van der Waals surface area contributed by atoms with Crippen LogP contribution >= 0.6 is 11.6 Å². The van der Waals surface area contributed by atoms with Crippen molar-refractivity contribution in [2.75, 3.05) is 0 Å². The zero-order chi connectivity index (χ0) is 12.4. The Kier molecular flexibility index (Phi) is 3.48. The molecule has 0 aliphatic heterocycles. The summed E-state index contributed by atoms with van der Waals surface area (Å²) in [6.07, 6.45) is 0. The SMILES string of the molecule is Cc1ccc(-n2c(CCl)nnc2C(C)C)cc1. The zero-order valence-electron chi connectivity index (χ0n) is 10.3. The molecule has 0 amide bonds. The van der Waals surface area contributed by atoms with Gasteiger partial charge in [0.05, 0.1) is 5.88 Å². The third kappa shape index (κ3) is 2.34. The molecule has 2 aromatic rings. The summed E-state index contributed by atoms with van der Waals surface area (Å²) in [5.41, 5.74) is 2.31. The Morgan fingerprint density at radius 2 is 1.82 bits per heavy atom. The fourth-order valence-electron chi connectivity index (χ4n) is 1.77. The first-order valence-electron chi connectivity index (χ1n) is 5.70. The molecule has 1 aromatic heterocycles. The third-order valence-electron chi connectivity index (χ3n) is 2.68. The van der Waals surface area contributed by atoms with Crippen molar-refractivity contribution in [1.82, 2.24) is 14.8 Å². The maximum atomic E-state index is 5.91. The number of alkyl halides is 1. The first kappa shape index (κ1) is 12.1. The molecule has 0 spiro atoms. The molecule has 0 radical (unpaired) electrons. The Morgan fingerprint density at radius 1 is 1.18 bits per heavy atom. The van der Waals surface area contributed by atoms with E-state index in [-0.39, 0.29) is 0 Å². The summed E-state index contributed by atoms with van der Waals surface area (Å²) >= 11 is 5.91. The van der Waals surface area contributed by atoms with Gasteiger partial charge >= 0.3 is 0 Å². The number of benzene rings is 1. The Balaban J connectivity index is 2.55. The van der Waals surface area contributed by atoms with E-state index in [1.165, 1.54) is 5.56 Å². The maximum absolute atomic E-state index is 5.91. The van der Waals surface area contributed by atoms with Crippen LogP contribution in [0.1, 0.15) is 37.0 Å². The third-order valence-corrected chi connectivity index (χ3v) is 2.92. The number of hydrogen-bond acceptors (Lipinski definition) is 2. The minimum atomic E-state index is 0.320. The molecule has 0 unspecified atom stereocenters. The van der Waals surface area contributed by atoms with E-state index in [4.69, 9.17) is 11.6 Å². The van der Waals surface area contributed by atoms with Crippen LogP contribution in [0.15, 0.2) is 24.3 Å². The van der Waals surface area contributed by atoms with E-state index >= 15 is 0 Å². The molecule has 90 valence electrons. The van der Waals surface area contributed by atoms with Crippen LogP contribution < -0.4 is 0 Å². The minimum Gasteiger partial charge on any atom is -0.282 e. The van der Waals surface area contributed by atoms with E-state index < -0.39 is 0 Å². The second kappa shape index (κ2) is 4.88. The zero-order valence-corrected chi connectivity index (χ0v) is 11.1. The lowest BCUT2D eigenvalue weighted by Crippen LogP contribution is -2.05. The minimum absolute atomic E-state index is 0.320. The van der Waals surface area contributed by atoms with Gasteiger partial charge in [-0.1, -0.05) is 31.5 Å². The second-order valence-corrected chi connectivity index (χ2v) is 4.70. The normalized spacial score (nSPS) is 11.1. The van der Waals surface area contributed by atoms with E-state index in [9.17, 15) is 0 Å². The lowest BCUT2D eigenvalue weighted by Gasteiger charge is -2.11. The molecule has 17 heavy (non-hydrogen) atoms. The first-order valence-corrected chi connectivity index (χ1v) is 6.24. The van der Waals surface area contributed by atoms with Crippen LogP contribution in [-0.2, 0) is 5.88 Å². The summed E-state index contributed by atoms with van der Waals surface area (Å²) in [5, 5.41) is 8.35. The lowest BCUT2D eigenvalue weighted by molar-refractivity contribution is 0.741. The van der Waals surface area contributed by atoms with Crippen LogP contribution in [0.25, 0.3) is 5.69 Å². The molecule has 1 aromatic carbocycles.